The molecule has 3 aromatic rings. The normalized spacial score (nSPS) is 10.4. The number of rotatable bonds is 6. The van der Waals surface area contributed by atoms with Crippen molar-refractivity contribution in [1.82, 2.24) is 4.98 Å². The van der Waals surface area contributed by atoms with Crippen LogP contribution in [0.3, 0.4) is 0 Å². The maximum absolute atomic E-state index is 12.8. The molecule has 0 N–H and O–H groups in total. The van der Waals surface area contributed by atoms with Gasteiger partial charge in [0.25, 0.3) is 0 Å². The average Bonchev–Trinajstić information content (AvgIpc) is 2.73. The molecule has 0 spiro atoms. The third-order valence-corrected chi connectivity index (χ3v) is 4.50. The first-order valence-electron chi connectivity index (χ1n) is 9.15. The van der Waals surface area contributed by atoms with Gasteiger partial charge in [-0.2, -0.15) is 0 Å². The summed E-state index contributed by atoms with van der Waals surface area (Å²) in [4.78, 5) is 29.8. The van der Waals surface area contributed by atoms with E-state index in [2.05, 4.69) is 4.98 Å². The first kappa shape index (κ1) is 20.6. The fraction of sp³-hybridized carbons (Fsp3) is 0.174. The van der Waals surface area contributed by atoms with Crippen LogP contribution in [0.25, 0.3) is 11.3 Å². The van der Waals surface area contributed by atoms with Gasteiger partial charge in [0.1, 0.15) is 6.61 Å². The maximum atomic E-state index is 12.8. The highest BCUT2D eigenvalue weighted by Gasteiger charge is 2.24. The summed E-state index contributed by atoms with van der Waals surface area (Å²) in [6.45, 7) is 3.66. The van der Waals surface area contributed by atoms with Gasteiger partial charge in [-0.15, -0.1) is 0 Å². The molecule has 0 unspecified atom stereocenters. The minimum atomic E-state index is -0.621. The molecule has 5 nitrogen and oxygen atoms in total. The van der Waals surface area contributed by atoms with E-state index >= 15 is 0 Å². The largest absolute Gasteiger partial charge is 0.462 e. The van der Waals surface area contributed by atoms with Gasteiger partial charge in [0, 0.05) is 10.6 Å². The molecule has 0 atom stereocenters. The third kappa shape index (κ3) is 5.00. The Labute approximate surface area is 174 Å². The number of benzene rings is 2. The SMILES string of the molecule is CCOC(=O)c1cc(-c2ccc(Cl)cc2)nc(C)c1C(=O)OCc1ccccc1. The van der Waals surface area contributed by atoms with E-state index < -0.39 is 11.9 Å². The van der Waals surface area contributed by atoms with Crippen molar-refractivity contribution in [2.45, 2.75) is 20.5 Å². The lowest BCUT2D eigenvalue weighted by Crippen LogP contribution is -2.17. The molecular formula is C23H20ClNO4. The van der Waals surface area contributed by atoms with E-state index in [1.807, 2.05) is 30.3 Å². The Morgan fingerprint density at radius 1 is 0.966 bits per heavy atom. The molecule has 0 amide bonds. The molecule has 0 saturated heterocycles. The van der Waals surface area contributed by atoms with Gasteiger partial charge in [-0.3, -0.25) is 4.98 Å². The topological polar surface area (TPSA) is 65.5 Å². The number of carbonyl (C=O) groups excluding carboxylic acids is 2. The van der Waals surface area contributed by atoms with Crippen LogP contribution in [0.2, 0.25) is 5.02 Å². The van der Waals surface area contributed by atoms with Gasteiger partial charge < -0.3 is 9.47 Å². The van der Waals surface area contributed by atoms with Crippen molar-refractivity contribution in [1.29, 1.82) is 0 Å². The number of esters is 2. The number of halogens is 1. The maximum Gasteiger partial charge on any atom is 0.341 e. The summed E-state index contributed by atoms with van der Waals surface area (Å²) < 4.78 is 10.6. The predicted octanol–water partition coefficient (Wildman–Crippen LogP) is 5.24. The molecule has 6 heteroatoms. The number of pyridine rings is 1. The average molecular weight is 410 g/mol. The third-order valence-electron chi connectivity index (χ3n) is 4.25. The van der Waals surface area contributed by atoms with E-state index in [1.54, 1.807) is 44.2 Å². The lowest BCUT2D eigenvalue weighted by atomic mass is 10.0. The van der Waals surface area contributed by atoms with Crippen LogP contribution in [-0.4, -0.2) is 23.5 Å². The molecule has 0 aliphatic carbocycles. The van der Waals surface area contributed by atoms with Crippen LogP contribution in [0.4, 0.5) is 0 Å². The van der Waals surface area contributed by atoms with Crippen molar-refractivity contribution in [3.8, 4) is 11.3 Å². The van der Waals surface area contributed by atoms with Gasteiger partial charge in [0.2, 0.25) is 0 Å². The van der Waals surface area contributed by atoms with Crippen LogP contribution in [-0.2, 0) is 16.1 Å². The predicted molar refractivity (Wildman–Crippen MR) is 111 cm³/mol. The van der Waals surface area contributed by atoms with E-state index in [-0.39, 0.29) is 24.3 Å². The van der Waals surface area contributed by atoms with Crippen LogP contribution in [0.15, 0.2) is 60.7 Å². The minimum Gasteiger partial charge on any atom is -0.462 e. The zero-order valence-corrected chi connectivity index (χ0v) is 16.9. The summed E-state index contributed by atoms with van der Waals surface area (Å²) in [5, 5.41) is 0.595. The molecule has 29 heavy (non-hydrogen) atoms. The summed E-state index contributed by atoms with van der Waals surface area (Å²) in [6.07, 6.45) is 0. The Morgan fingerprint density at radius 2 is 1.66 bits per heavy atom. The minimum absolute atomic E-state index is 0.0975. The Hall–Kier alpha value is -3.18. The summed E-state index contributed by atoms with van der Waals surface area (Å²) >= 11 is 5.95. The van der Waals surface area contributed by atoms with Gasteiger partial charge in [-0.25, -0.2) is 9.59 Å². The monoisotopic (exact) mass is 409 g/mol. The zero-order chi connectivity index (χ0) is 20.8. The lowest BCUT2D eigenvalue weighted by molar-refractivity contribution is 0.0443. The van der Waals surface area contributed by atoms with Gasteiger partial charge in [-0.1, -0.05) is 54.1 Å². The number of hydrogen-bond donors (Lipinski definition) is 0. The number of ether oxygens (including phenoxy) is 2. The number of aryl methyl sites for hydroxylation is 1. The van der Waals surface area contributed by atoms with Crippen molar-refractivity contribution < 1.29 is 19.1 Å². The molecule has 0 radical (unpaired) electrons. The first-order chi connectivity index (χ1) is 14.0. The first-order valence-corrected chi connectivity index (χ1v) is 9.53. The fourth-order valence-corrected chi connectivity index (χ4v) is 2.99. The second-order valence-electron chi connectivity index (χ2n) is 6.30. The molecule has 2 aromatic carbocycles. The van der Waals surface area contributed by atoms with Gasteiger partial charge in [-0.05, 0) is 37.6 Å². The fourth-order valence-electron chi connectivity index (χ4n) is 2.86. The highest BCUT2D eigenvalue weighted by Crippen LogP contribution is 2.25. The number of carbonyl (C=O) groups is 2. The van der Waals surface area contributed by atoms with Gasteiger partial charge in [0.15, 0.2) is 0 Å². The van der Waals surface area contributed by atoms with Crippen LogP contribution in [0.5, 0.6) is 0 Å². The standard InChI is InChI=1S/C23H20ClNO4/c1-3-28-22(26)19-13-20(17-9-11-18(24)12-10-17)25-15(2)21(19)23(27)29-14-16-7-5-4-6-8-16/h4-13H,3,14H2,1-2H3. The summed E-state index contributed by atoms with van der Waals surface area (Å²) in [5.74, 6) is -1.22. The van der Waals surface area contributed by atoms with Gasteiger partial charge >= 0.3 is 11.9 Å². The van der Waals surface area contributed by atoms with Crippen molar-refractivity contribution in [3.63, 3.8) is 0 Å². The van der Waals surface area contributed by atoms with Crippen molar-refractivity contribution in [3.05, 3.63) is 88.1 Å². The Balaban J connectivity index is 1.97. The molecule has 1 aromatic heterocycles. The lowest BCUT2D eigenvalue weighted by Gasteiger charge is -2.13. The molecule has 148 valence electrons. The molecule has 0 aliphatic heterocycles. The summed E-state index contributed by atoms with van der Waals surface area (Å²) in [5.41, 5.74) is 2.79. The summed E-state index contributed by atoms with van der Waals surface area (Å²) in [6, 6.07) is 17.9. The molecule has 0 saturated carbocycles. The van der Waals surface area contributed by atoms with Crippen molar-refractivity contribution >= 4 is 23.5 Å². The van der Waals surface area contributed by atoms with E-state index in [0.29, 0.717) is 16.4 Å². The molecule has 0 aliphatic rings. The number of aromatic nitrogens is 1. The highest BCUT2D eigenvalue weighted by atomic mass is 35.5. The molecule has 0 fully saturated rings. The molecule has 1 heterocycles. The summed E-state index contributed by atoms with van der Waals surface area (Å²) in [7, 11) is 0. The smallest absolute Gasteiger partial charge is 0.341 e. The van der Waals surface area contributed by atoms with E-state index in [4.69, 9.17) is 21.1 Å². The zero-order valence-electron chi connectivity index (χ0n) is 16.1. The Morgan fingerprint density at radius 3 is 2.31 bits per heavy atom. The van der Waals surface area contributed by atoms with Gasteiger partial charge in [0.05, 0.1) is 29.1 Å². The van der Waals surface area contributed by atoms with Crippen molar-refractivity contribution in [2.75, 3.05) is 6.61 Å². The van der Waals surface area contributed by atoms with E-state index in [0.717, 1.165) is 11.1 Å². The molecular weight excluding hydrogens is 390 g/mol. The second-order valence-corrected chi connectivity index (χ2v) is 6.74. The Bertz CT molecular complexity index is 1020. The van der Waals surface area contributed by atoms with E-state index in [9.17, 15) is 9.59 Å². The number of hydrogen-bond acceptors (Lipinski definition) is 5. The molecule has 0 bridgehead atoms. The van der Waals surface area contributed by atoms with Crippen molar-refractivity contribution in [2.24, 2.45) is 0 Å². The van der Waals surface area contributed by atoms with Crippen LogP contribution in [0.1, 0.15) is 38.9 Å². The Kier molecular flexibility index (Phi) is 6.62. The quantitative estimate of drug-likeness (QED) is 0.520. The van der Waals surface area contributed by atoms with Crippen LogP contribution < -0.4 is 0 Å². The van der Waals surface area contributed by atoms with Crippen LogP contribution in [0, 0.1) is 6.92 Å². The molecule has 3 rings (SSSR count). The number of nitrogens with zero attached hydrogens (tertiary/aromatic N) is 1. The second kappa shape index (κ2) is 9.34. The van der Waals surface area contributed by atoms with Crippen LogP contribution >= 0.6 is 11.6 Å². The highest BCUT2D eigenvalue weighted by molar-refractivity contribution is 6.30. The van der Waals surface area contributed by atoms with E-state index in [1.165, 1.54) is 0 Å².